The summed E-state index contributed by atoms with van der Waals surface area (Å²) in [7, 11) is 2.02. The second-order valence-electron chi connectivity index (χ2n) is 4.84. The highest BCUT2D eigenvalue weighted by Crippen LogP contribution is 2.14. The molecule has 0 spiro atoms. The zero-order valence-electron chi connectivity index (χ0n) is 10.6. The third kappa shape index (κ3) is 3.07. The van der Waals surface area contributed by atoms with Crippen molar-refractivity contribution >= 4 is 5.91 Å². The molecule has 17 heavy (non-hydrogen) atoms. The Bertz CT molecular complexity index is 386. The van der Waals surface area contributed by atoms with Crippen LogP contribution in [0.15, 0.2) is 24.3 Å². The molecule has 1 amide bonds. The molecule has 1 aromatic rings. The molecule has 3 heteroatoms. The van der Waals surface area contributed by atoms with Gasteiger partial charge in [0.25, 0.3) is 0 Å². The molecule has 0 bridgehead atoms. The highest BCUT2D eigenvalue weighted by atomic mass is 16.2. The van der Waals surface area contributed by atoms with Crippen molar-refractivity contribution in [2.24, 2.45) is 0 Å². The SMILES string of the molecule is Cc1ccc(CNC(=O)C2CCCN2C)cc1. The highest BCUT2D eigenvalue weighted by Gasteiger charge is 2.27. The van der Waals surface area contributed by atoms with E-state index in [4.69, 9.17) is 0 Å². The average Bonchev–Trinajstić information content (AvgIpc) is 2.74. The number of hydrogen-bond acceptors (Lipinski definition) is 2. The van der Waals surface area contributed by atoms with Gasteiger partial charge in [0.15, 0.2) is 0 Å². The van der Waals surface area contributed by atoms with Crippen molar-refractivity contribution < 1.29 is 4.79 Å². The van der Waals surface area contributed by atoms with E-state index in [1.165, 1.54) is 5.56 Å². The van der Waals surface area contributed by atoms with Crippen LogP contribution in [-0.4, -0.2) is 30.4 Å². The van der Waals surface area contributed by atoms with Crippen molar-refractivity contribution in [2.75, 3.05) is 13.6 Å². The van der Waals surface area contributed by atoms with E-state index in [1.54, 1.807) is 0 Å². The Morgan fingerprint density at radius 1 is 1.41 bits per heavy atom. The Labute approximate surface area is 103 Å². The van der Waals surface area contributed by atoms with Crippen LogP contribution in [0.1, 0.15) is 24.0 Å². The fourth-order valence-corrected chi connectivity index (χ4v) is 2.25. The summed E-state index contributed by atoms with van der Waals surface area (Å²) >= 11 is 0. The van der Waals surface area contributed by atoms with Gasteiger partial charge in [0.05, 0.1) is 6.04 Å². The van der Waals surface area contributed by atoms with Gasteiger partial charge < -0.3 is 5.32 Å². The summed E-state index contributed by atoms with van der Waals surface area (Å²) in [4.78, 5) is 14.1. The average molecular weight is 232 g/mol. The van der Waals surface area contributed by atoms with Crippen LogP contribution in [-0.2, 0) is 11.3 Å². The minimum Gasteiger partial charge on any atom is -0.351 e. The van der Waals surface area contributed by atoms with Gasteiger partial charge in [-0.3, -0.25) is 9.69 Å². The van der Waals surface area contributed by atoms with Gasteiger partial charge in [-0.25, -0.2) is 0 Å². The molecule has 1 atom stereocenters. The van der Waals surface area contributed by atoms with Crippen LogP contribution in [0, 0.1) is 6.92 Å². The first kappa shape index (κ1) is 12.1. The molecule has 2 rings (SSSR count). The number of nitrogens with zero attached hydrogens (tertiary/aromatic N) is 1. The topological polar surface area (TPSA) is 32.3 Å². The van der Waals surface area contributed by atoms with Gasteiger partial charge in [0, 0.05) is 6.54 Å². The highest BCUT2D eigenvalue weighted by molar-refractivity contribution is 5.81. The maximum Gasteiger partial charge on any atom is 0.237 e. The summed E-state index contributed by atoms with van der Waals surface area (Å²) in [5, 5.41) is 3.01. The van der Waals surface area contributed by atoms with Crippen molar-refractivity contribution in [2.45, 2.75) is 32.4 Å². The lowest BCUT2D eigenvalue weighted by molar-refractivity contribution is -0.125. The van der Waals surface area contributed by atoms with Crippen LogP contribution in [0.3, 0.4) is 0 Å². The Morgan fingerprint density at radius 2 is 2.12 bits per heavy atom. The van der Waals surface area contributed by atoms with E-state index in [0.29, 0.717) is 6.54 Å². The molecule has 1 N–H and O–H groups in total. The van der Waals surface area contributed by atoms with Gasteiger partial charge in [0.2, 0.25) is 5.91 Å². The Morgan fingerprint density at radius 3 is 2.71 bits per heavy atom. The monoisotopic (exact) mass is 232 g/mol. The van der Waals surface area contributed by atoms with Gasteiger partial charge >= 0.3 is 0 Å². The van der Waals surface area contributed by atoms with Crippen molar-refractivity contribution in [3.63, 3.8) is 0 Å². The second kappa shape index (κ2) is 5.32. The molecule has 92 valence electrons. The molecule has 1 heterocycles. The van der Waals surface area contributed by atoms with Crippen LogP contribution in [0.5, 0.6) is 0 Å². The second-order valence-corrected chi connectivity index (χ2v) is 4.84. The minimum atomic E-state index is 0.0699. The first-order chi connectivity index (χ1) is 8.16. The lowest BCUT2D eigenvalue weighted by Gasteiger charge is -2.18. The molecular formula is C14H20N2O. The van der Waals surface area contributed by atoms with E-state index >= 15 is 0 Å². The molecule has 0 aromatic heterocycles. The molecule has 1 saturated heterocycles. The predicted octanol–water partition coefficient (Wildman–Crippen LogP) is 1.71. The summed E-state index contributed by atoms with van der Waals surface area (Å²) < 4.78 is 0. The summed E-state index contributed by atoms with van der Waals surface area (Å²) in [5.41, 5.74) is 2.40. The van der Waals surface area contributed by atoms with E-state index < -0.39 is 0 Å². The Balaban J connectivity index is 1.85. The van der Waals surface area contributed by atoms with Crippen LogP contribution >= 0.6 is 0 Å². The number of benzene rings is 1. The predicted molar refractivity (Wildman–Crippen MR) is 68.7 cm³/mol. The summed E-state index contributed by atoms with van der Waals surface area (Å²) in [5.74, 6) is 0.158. The Hall–Kier alpha value is -1.35. The minimum absolute atomic E-state index is 0.0699. The van der Waals surface area contributed by atoms with E-state index in [1.807, 2.05) is 7.05 Å². The van der Waals surface area contributed by atoms with Crippen LogP contribution in [0.25, 0.3) is 0 Å². The van der Waals surface area contributed by atoms with Gasteiger partial charge in [-0.05, 0) is 38.9 Å². The standard InChI is InChI=1S/C14H20N2O/c1-11-5-7-12(8-6-11)10-15-14(17)13-4-3-9-16(13)2/h5-8,13H,3-4,9-10H2,1-2H3,(H,15,17). The number of amides is 1. The zero-order chi connectivity index (χ0) is 12.3. The van der Waals surface area contributed by atoms with Crippen LogP contribution in [0.2, 0.25) is 0 Å². The number of carbonyl (C=O) groups excluding carboxylic acids is 1. The summed E-state index contributed by atoms with van der Waals surface area (Å²) in [6, 6.07) is 8.34. The van der Waals surface area contributed by atoms with Gasteiger partial charge in [-0.15, -0.1) is 0 Å². The Kier molecular flexibility index (Phi) is 3.79. The first-order valence-corrected chi connectivity index (χ1v) is 6.20. The molecule has 1 aromatic carbocycles. The van der Waals surface area contributed by atoms with Crippen LogP contribution < -0.4 is 5.32 Å². The molecule has 0 saturated carbocycles. The molecule has 1 fully saturated rings. The fourth-order valence-electron chi connectivity index (χ4n) is 2.25. The van der Waals surface area contributed by atoms with Crippen molar-refractivity contribution in [3.8, 4) is 0 Å². The zero-order valence-corrected chi connectivity index (χ0v) is 10.6. The van der Waals surface area contributed by atoms with Crippen molar-refractivity contribution in [1.29, 1.82) is 0 Å². The summed E-state index contributed by atoms with van der Waals surface area (Å²) in [6.07, 6.45) is 2.11. The summed E-state index contributed by atoms with van der Waals surface area (Å²) in [6.45, 7) is 3.72. The first-order valence-electron chi connectivity index (χ1n) is 6.20. The number of rotatable bonds is 3. The lowest BCUT2D eigenvalue weighted by Crippen LogP contribution is -2.41. The van der Waals surface area contributed by atoms with Crippen molar-refractivity contribution in [3.05, 3.63) is 35.4 Å². The van der Waals surface area contributed by atoms with Gasteiger partial charge in [0.1, 0.15) is 0 Å². The molecule has 1 unspecified atom stereocenters. The fraction of sp³-hybridized carbons (Fsp3) is 0.500. The normalized spacial score (nSPS) is 20.5. The molecule has 1 aliphatic rings. The van der Waals surface area contributed by atoms with Crippen LogP contribution in [0.4, 0.5) is 0 Å². The molecule has 1 aliphatic heterocycles. The third-order valence-corrected chi connectivity index (χ3v) is 3.41. The maximum atomic E-state index is 11.9. The molecular weight excluding hydrogens is 212 g/mol. The quantitative estimate of drug-likeness (QED) is 0.860. The lowest BCUT2D eigenvalue weighted by atomic mass is 10.1. The smallest absolute Gasteiger partial charge is 0.237 e. The van der Waals surface area contributed by atoms with Gasteiger partial charge in [-0.1, -0.05) is 29.8 Å². The van der Waals surface area contributed by atoms with Crippen molar-refractivity contribution in [1.82, 2.24) is 10.2 Å². The molecule has 3 nitrogen and oxygen atoms in total. The van der Waals surface area contributed by atoms with E-state index in [9.17, 15) is 4.79 Å². The number of likely N-dealkylation sites (N-methyl/N-ethyl adjacent to an activating group) is 1. The molecule has 0 aliphatic carbocycles. The number of carbonyl (C=O) groups is 1. The molecule has 0 radical (unpaired) electrons. The number of nitrogens with one attached hydrogen (secondary N) is 1. The number of hydrogen-bond donors (Lipinski definition) is 1. The van der Waals surface area contributed by atoms with E-state index in [-0.39, 0.29) is 11.9 Å². The number of aryl methyl sites for hydroxylation is 1. The van der Waals surface area contributed by atoms with Gasteiger partial charge in [-0.2, -0.15) is 0 Å². The van der Waals surface area contributed by atoms with E-state index in [2.05, 4.69) is 41.4 Å². The maximum absolute atomic E-state index is 11.9. The largest absolute Gasteiger partial charge is 0.351 e. The number of likely N-dealkylation sites (tertiary alicyclic amines) is 1. The third-order valence-electron chi connectivity index (χ3n) is 3.41. The van der Waals surface area contributed by atoms with E-state index in [0.717, 1.165) is 24.9 Å².